The lowest BCUT2D eigenvalue weighted by atomic mass is 10.1. The van der Waals surface area contributed by atoms with Gasteiger partial charge in [-0.05, 0) is 13.8 Å². The lowest BCUT2D eigenvalue weighted by Crippen LogP contribution is -2.53. The third kappa shape index (κ3) is 1.50. The Bertz CT molecular complexity index is 191. The van der Waals surface area contributed by atoms with Gasteiger partial charge in [0, 0.05) is 19.0 Å². The van der Waals surface area contributed by atoms with Gasteiger partial charge in [0.25, 0.3) is 0 Å². The summed E-state index contributed by atoms with van der Waals surface area (Å²) in [6, 6.07) is -0.225. The second-order valence-electron chi connectivity index (χ2n) is 2.69. The topological polar surface area (TPSA) is 49.4 Å². The quantitative estimate of drug-likeness (QED) is 0.595. The third-order valence-corrected chi connectivity index (χ3v) is 1.86. The molecule has 1 fully saturated rings. The van der Waals surface area contributed by atoms with Gasteiger partial charge in [-0.15, -0.1) is 0 Å². The van der Waals surface area contributed by atoms with E-state index >= 15 is 0 Å². The molecule has 3 amide bonds. The largest absolute Gasteiger partial charge is 0.324 e. The highest BCUT2D eigenvalue weighted by Crippen LogP contribution is 2.08. The van der Waals surface area contributed by atoms with Gasteiger partial charge in [-0.3, -0.25) is 10.1 Å². The fourth-order valence-corrected chi connectivity index (χ4v) is 1.28. The normalized spacial score (nSPS) is 25.3. The fourth-order valence-electron chi connectivity index (χ4n) is 1.28. The van der Waals surface area contributed by atoms with Crippen molar-refractivity contribution in [3.63, 3.8) is 0 Å². The zero-order valence-electron chi connectivity index (χ0n) is 6.76. The van der Waals surface area contributed by atoms with Crippen molar-refractivity contribution in [3.8, 4) is 0 Å². The van der Waals surface area contributed by atoms with Gasteiger partial charge in [-0.25, -0.2) is 4.79 Å². The second-order valence-corrected chi connectivity index (χ2v) is 2.69. The molecule has 1 atom stereocenters. The summed E-state index contributed by atoms with van der Waals surface area (Å²) < 4.78 is 0. The van der Waals surface area contributed by atoms with Gasteiger partial charge < -0.3 is 4.90 Å². The number of nitrogens with one attached hydrogen (secondary N) is 1. The van der Waals surface area contributed by atoms with E-state index in [0.717, 1.165) is 0 Å². The minimum absolute atomic E-state index is 0.0428. The second kappa shape index (κ2) is 2.90. The molecule has 1 saturated heterocycles. The first-order valence-electron chi connectivity index (χ1n) is 3.75. The van der Waals surface area contributed by atoms with E-state index in [4.69, 9.17) is 0 Å². The molecule has 0 aliphatic carbocycles. The van der Waals surface area contributed by atoms with Crippen LogP contribution in [-0.4, -0.2) is 29.4 Å². The molecule has 0 radical (unpaired) electrons. The van der Waals surface area contributed by atoms with E-state index in [-0.39, 0.29) is 18.0 Å². The Hall–Kier alpha value is -1.06. The van der Waals surface area contributed by atoms with Gasteiger partial charge in [-0.1, -0.05) is 0 Å². The molecule has 0 spiro atoms. The predicted molar refractivity (Wildman–Crippen MR) is 40.0 cm³/mol. The maximum atomic E-state index is 11.0. The molecule has 1 rings (SSSR count). The Kier molecular flexibility index (Phi) is 2.12. The highest BCUT2D eigenvalue weighted by atomic mass is 16.2. The van der Waals surface area contributed by atoms with Gasteiger partial charge in [0.2, 0.25) is 5.91 Å². The van der Waals surface area contributed by atoms with Gasteiger partial charge in [0.1, 0.15) is 0 Å². The lowest BCUT2D eigenvalue weighted by Gasteiger charge is -2.31. The van der Waals surface area contributed by atoms with Gasteiger partial charge in [0.05, 0.1) is 0 Å². The minimum atomic E-state index is -0.267. The summed E-state index contributed by atoms with van der Waals surface area (Å²) >= 11 is 0. The first-order valence-corrected chi connectivity index (χ1v) is 3.75. The Morgan fingerprint density at radius 1 is 1.64 bits per heavy atom. The number of hydrogen-bond acceptors (Lipinski definition) is 2. The van der Waals surface area contributed by atoms with Crippen molar-refractivity contribution in [2.75, 3.05) is 6.54 Å². The fraction of sp³-hybridized carbons (Fsp3) is 0.714. The standard InChI is InChI=1S/C7H12N2O2/c1-3-9-5(2)4-6(10)8-7(9)11/h5H,3-4H2,1-2H3,(H,8,10,11). The van der Waals surface area contributed by atoms with Gasteiger partial charge >= 0.3 is 6.03 Å². The summed E-state index contributed by atoms with van der Waals surface area (Å²) in [5.41, 5.74) is 0. The predicted octanol–water partition coefficient (Wildman–Crippen LogP) is 0.337. The van der Waals surface area contributed by atoms with Crippen LogP contribution < -0.4 is 5.32 Å². The third-order valence-electron chi connectivity index (χ3n) is 1.86. The maximum Gasteiger partial charge on any atom is 0.324 e. The van der Waals surface area contributed by atoms with E-state index in [1.165, 1.54) is 0 Å². The molecule has 1 heterocycles. The number of carbonyl (C=O) groups excluding carboxylic acids is 2. The van der Waals surface area contributed by atoms with Crippen molar-refractivity contribution in [1.82, 2.24) is 10.2 Å². The number of carbonyl (C=O) groups is 2. The van der Waals surface area contributed by atoms with Crippen LogP contribution in [0.3, 0.4) is 0 Å². The van der Waals surface area contributed by atoms with E-state index in [0.29, 0.717) is 13.0 Å². The summed E-state index contributed by atoms with van der Waals surface area (Å²) in [5, 5.41) is 2.26. The molecular weight excluding hydrogens is 144 g/mol. The number of nitrogens with zero attached hydrogens (tertiary/aromatic N) is 1. The van der Waals surface area contributed by atoms with Crippen LogP contribution in [0, 0.1) is 0 Å². The molecule has 0 aromatic heterocycles. The van der Waals surface area contributed by atoms with Crippen molar-refractivity contribution in [1.29, 1.82) is 0 Å². The summed E-state index contributed by atoms with van der Waals surface area (Å²) in [6.45, 7) is 4.42. The molecule has 0 aromatic carbocycles. The Balaban J connectivity index is 2.66. The summed E-state index contributed by atoms with van der Waals surface area (Å²) in [7, 11) is 0. The number of amides is 3. The Morgan fingerprint density at radius 2 is 2.27 bits per heavy atom. The van der Waals surface area contributed by atoms with Crippen LogP contribution in [0.1, 0.15) is 20.3 Å². The number of hydrogen-bond donors (Lipinski definition) is 1. The van der Waals surface area contributed by atoms with Crippen LogP contribution in [0.5, 0.6) is 0 Å². The van der Waals surface area contributed by atoms with Crippen LogP contribution in [0.2, 0.25) is 0 Å². The molecule has 62 valence electrons. The zero-order chi connectivity index (χ0) is 8.43. The van der Waals surface area contributed by atoms with E-state index in [1.54, 1.807) is 4.90 Å². The van der Waals surface area contributed by atoms with Gasteiger partial charge in [0.15, 0.2) is 0 Å². The molecule has 1 N–H and O–H groups in total. The van der Waals surface area contributed by atoms with Crippen LogP contribution in [-0.2, 0) is 4.79 Å². The molecule has 11 heavy (non-hydrogen) atoms. The molecule has 4 nitrogen and oxygen atoms in total. The summed E-state index contributed by atoms with van der Waals surface area (Å²) in [5.74, 6) is -0.174. The Morgan fingerprint density at radius 3 is 2.73 bits per heavy atom. The zero-order valence-corrected chi connectivity index (χ0v) is 6.76. The van der Waals surface area contributed by atoms with Crippen LogP contribution >= 0.6 is 0 Å². The Labute approximate surface area is 65.6 Å². The van der Waals surface area contributed by atoms with E-state index in [9.17, 15) is 9.59 Å². The molecule has 4 heteroatoms. The van der Waals surface area contributed by atoms with Crippen molar-refractivity contribution >= 4 is 11.9 Å². The van der Waals surface area contributed by atoms with E-state index < -0.39 is 0 Å². The van der Waals surface area contributed by atoms with Crippen molar-refractivity contribution < 1.29 is 9.59 Å². The lowest BCUT2D eigenvalue weighted by molar-refractivity contribution is -0.122. The average Bonchev–Trinajstić information content (AvgIpc) is 1.85. The molecule has 1 aliphatic heterocycles. The first kappa shape index (κ1) is 8.04. The van der Waals surface area contributed by atoms with Crippen molar-refractivity contribution in [2.45, 2.75) is 26.3 Å². The molecular formula is C7H12N2O2. The highest BCUT2D eigenvalue weighted by Gasteiger charge is 2.27. The number of imide groups is 1. The monoisotopic (exact) mass is 156 g/mol. The SMILES string of the molecule is CCN1C(=O)NC(=O)CC1C. The van der Waals surface area contributed by atoms with E-state index in [1.807, 2.05) is 13.8 Å². The average molecular weight is 156 g/mol. The minimum Gasteiger partial charge on any atom is -0.322 e. The van der Waals surface area contributed by atoms with Gasteiger partial charge in [-0.2, -0.15) is 0 Å². The molecule has 0 bridgehead atoms. The highest BCUT2D eigenvalue weighted by molar-refractivity contribution is 5.97. The number of urea groups is 1. The van der Waals surface area contributed by atoms with Crippen LogP contribution in [0.15, 0.2) is 0 Å². The molecule has 1 aliphatic rings. The molecule has 0 aromatic rings. The molecule has 0 saturated carbocycles. The molecule has 1 unspecified atom stereocenters. The van der Waals surface area contributed by atoms with E-state index in [2.05, 4.69) is 5.32 Å². The number of rotatable bonds is 1. The smallest absolute Gasteiger partial charge is 0.322 e. The summed E-state index contributed by atoms with van der Waals surface area (Å²) in [6.07, 6.45) is 0.416. The maximum absolute atomic E-state index is 11.0. The summed E-state index contributed by atoms with van der Waals surface area (Å²) in [4.78, 5) is 23.5. The van der Waals surface area contributed by atoms with Crippen molar-refractivity contribution in [3.05, 3.63) is 0 Å². The van der Waals surface area contributed by atoms with Crippen molar-refractivity contribution in [2.24, 2.45) is 0 Å². The van der Waals surface area contributed by atoms with Crippen LogP contribution in [0.4, 0.5) is 4.79 Å². The first-order chi connectivity index (χ1) is 5.15. The van der Waals surface area contributed by atoms with Crippen LogP contribution in [0.25, 0.3) is 0 Å².